The number of carbonyl (C=O) groups is 2. The zero-order valence-electron chi connectivity index (χ0n) is 12.7. The Morgan fingerprint density at radius 2 is 2.14 bits per heavy atom. The number of rotatable bonds is 4. The van der Waals surface area contributed by atoms with Crippen LogP contribution in [-0.4, -0.2) is 29.3 Å². The van der Waals surface area contributed by atoms with Gasteiger partial charge in [0.15, 0.2) is 0 Å². The summed E-state index contributed by atoms with van der Waals surface area (Å²) in [5.74, 6) is -0.0157. The van der Waals surface area contributed by atoms with Gasteiger partial charge in [-0.2, -0.15) is 0 Å². The molecule has 1 saturated heterocycles. The molecule has 1 aliphatic carbocycles. The first-order chi connectivity index (χ1) is 10.6. The van der Waals surface area contributed by atoms with Crippen LogP contribution in [-0.2, 0) is 9.59 Å². The Kier molecular flexibility index (Phi) is 4.39. The van der Waals surface area contributed by atoms with Crippen molar-refractivity contribution in [1.29, 1.82) is 0 Å². The lowest BCUT2D eigenvalue weighted by molar-refractivity contribution is -0.143. The lowest BCUT2D eigenvalue weighted by Gasteiger charge is -2.40. The predicted octanol–water partition coefficient (Wildman–Crippen LogP) is 2.92. The monoisotopic (exact) mass is 320 g/mol. The summed E-state index contributed by atoms with van der Waals surface area (Å²) in [7, 11) is 0. The molecule has 1 aromatic carbocycles. The fraction of sp³-hybridized carbons (Fsp3) is 0.529. The molecule has 0 aromatic heterocycles. The third kappa shape index (κ3) is 3.12. The molecule has 1 saturated carbocycles. The van der Waals surface area contributed by atoms with E-state index in [2.05, 4.69) is 5.32 Å². The lowest BCUT2D eigenvalue weighted by Crippen LogP contribution is -2.48. The van der Waals surface area contributed by atoms with Crippen LogP contribution in [0.25, 0.3) is 0 Å². The number of nitrogens with zero attached hydrogens (tertiary/aromatic N) is 1. The van der Waals surface area contributed by atoms with Crippen LogP contribution in [0, 0.1) is 5.92 Å². The summed E-state index contributed by atoms with van der Waals surface area (Å²) in [6.45, 7) is 2.56. The largest absolute Gasteiger partial charge is 0.353 e. The maximum atomic E-state index is 12.6. The van der Waals surface area contributed by atoms with Crippen molar-refractivity contribution in [3.63, 3.8) is 0 Å². The summed E-state index contributed by atoms with van der Waals surface area (Å²) in [5.41, 5.74) is 0.943. The number of hydrogen-bond acceptors (Lipinski definition) is 2. The zero-order valence-corrected chi connectivity index (χ0v) is 13.5. The maximum Gasteiger partial charge on any atom is 0.225 e. The first-order valence-corrected chi connectivity index (χ1v) is 8.33. The van der Waals surface area contributed by atoms with E-state index in [1.807, 2.05) is 36.1 Å². The normalized spacial score (nSPS) is 25.2. The van der Waals surface area contributed by atoms with E-state index in [0.717, 1.165) is 18.4 Å². The van der Waals surface area contributed by atoms with Gasteiger partial charge in [-0.25, -0.2) is 0 Å². The van der Waals surface area contributed by atoms with Gasteiger partial charge in [0.05, 0.1) is 12.0 Å². The summed E-state index contributed by atoms with van der Waals surface area (Å²) in [4.78, 5) is 26.7. The van der Waals surface area contributed by atoms with Gasteiger partial charge >= 0.3 is 0 Å². The van der Waals surface area contributed by atoms with E-state index in [9.17, 15) is 9.59 Å². The van der Waals surface area contributed by atoms with E-state index in [1.54, 1.807) is 0 Å². The molecule has 1 aromatic rings. The molecule has 1 aliphatic heterocycles. The zero-order chi connectivity index (χ0) is 15.7. The fourth-order valence-electron chi connectivity index (χ4n) is 3.24. The molecule has 2 aliphatic rings. The van der Waals surface area contributed by atoms with E-state index in [1.165, 1.54) is 0 Å². The van der Waals surface area contributed by atoms with Gasteiger partial charge in [-0.05, 0) is 43.9 Å². The minimum Gasteiger partial charge on any atom is -0.353 e. The van der Waals surface area contributed by atoms with Crippen molar-refractivity contribution in [3.05, 3.63) is 34.9 Å². The van der Waals surface area contributed by atoms with Crippen molar-refractivity contribution < 1.29 is 9.59 Å². The third-order valence-corrected chi connectivity index (χ3v) is 4.73. The number of hydrogen-bond donors (Lipinski definition) is 1. The van der Waals surface area contributed by atoms with Crippen LogP contribution in [0.5, 0.6) is 0 Å². The molecule has 0 bridgehead atoms. The highest BCUT2D eigenvalue weighted by Gasteiger charge is 2.41. The molecule has 22 heavy (non-hydrogen) atoms. The van der Waals surface area contributed by atoms with E-state index in [0.29, 0.717) is 30.5 Å². The topological polar surface area (TPSA) is 49.4 Å². The molecule has 3 rings (SSSR count). The molecule has 4 nitrogen and oxygen atoms in total. The van der Waals surface area contributed by atoms with Crippen LogP contribution in [0.15, 0.2) is 24.3 Å². The smallest absolute Gasteiger partial charge is 0.225 e. The van der Waals surface area contributed by atoms with Gasteiger partial charge in [0, 0.05) is 24.0 Å². The molecule has 0 spiro atoms. The highest BCUT2D eigenvalue weighted by atomic mass is 35.5. The van der Waals surface area contributed by atoms with E-state index in [4.69, 9.17) is 11.6 Å². The van der Waals surface area contributed by atoms with Gasteiger partial charge < -0.3 is 10.2 Å². The van der Waals surface area contributed by atoms with Gasteiger partial charge in [0.25, 0.3) is 0 Å². The molecule has 2 amide bonds. The molecule has 2 fully saturated rings. The number of carbonyl (C=O) groups excluding carboxylic acids is 2. The molecule has 0 radical (unpaired) electrons. The Balaban J connectivity index is 1.91. The average molecular weight is 321 g/mol. The van der Waals surface area contributed by atoms with Crippen molar-refractivity contribution in [2.24, 2.45) is 5.92 Å². The van der Waals surface area contributed by atoms with E-state index >= 15 is 0 Å². The molecular formula is C17H21ClN2O2. The molecule has 0 unspecified atom stereocenters. The fourth-order valence-corrected chi connectivity index (χ4v) is 3.44. The summed E-state index contributed by atoms with van der Waals surface area (Å²) in [5, 5.41) is 3.72. The molecular weight excluding hydrogens is 300 g/mol. The highest BCUT2D eigenvalue weighted by molar-refractivity contribution is 6.30. The number of halogens is 1. The van der Waals surface area contributed by atoms with Crippen LogP contribution in [0.2, 0.25) is 5.02 Å². The van der Waals surface area contributed by atoms with Gasteiger partial charge in [0.2, 0.25) is 11.8 Å². The Morgan fingerprint density at radius 1 is 1.36 bits per heavy atom. The van der Waals surface area contributed by atoms with Crippen LogP contribution in [0.3, 0.4) is 0 Å². The summed E-state index contributed by atoms with van der Waals surface area (Å²) < 4.78 is 0. The van der Waals surface area contributed by atoms with Crippen molar-refractivity contribution in [1.82, 2.24) is 10.2 Å². The SMILES string of the molecule is CCN1C(=O)CC[C@@H](C(=O)NC2CC2)[C@@H]1c1cccc(Cl)c1. The predicted molar refractivity (Wildman–Crippen MR) is 85.5 cm³/mol. The average Bonchev–Trinajstić information content (AvgIpc) is 3.30. The van der Waals surface area contributed by atoms with E-state index in [-0.39, 0.29) is 23.8 Å². The van der Waals surface area contributed by atoms with Crippen molar-refractivity contribution >= 4 is 23.4 Å². The lowest BCUT2D eigenvalue weighted by atomic mass is 9.83. The van der Waals surface area contributed by atoms with Gasteiger partial charge in [-0.3, -0.25) is 9.59 Å². The van der Waals surface area contributed by atoms with Crippen molar-refractivity contribution in [2.45, 2.75) is 44.7 Å². The van der Waals surface area contributed by atoms with E-state index < -0.39 is 0 Å². The van der Waals surface area contributed by atoms with Gasteiger partial charge in [-0.15, -0.1) is 0 Å². The van der Waals surface area contributed by atoms with Gasteiger partial charge in [0.1, 0.15) is 0 Å². The summed E-state index contributed by atoms with van der Waals surface area (Å²) in [6, 6.07) is 7.62. The Labute approximate surface area is 135 Å². The van der Waals surface area contributed by atoms with Crippen LogP contribution in [0.1, 0.15) is 44.2 Å². The van der Waals surface area contributed by atoms with Gasteiger partial charge in [-0.1, -0.05) is 23.7 Å². The second-order valence-corrected chi connectivity index (χ2v) is 6.54. The molecule has 118 valence electrons. The van der Waals surface area contributed by atoms with Crippen LogP contribution >= 0.6 is 11.6 Å². The first-order valence-electron chi connectivity index (χ1n) is 7.95. The molecule has 5 heteroatoms. The number of piperidine rings is 1. The number of amides is 2. The molecule has 1 heterocycles. The highest BCUT2D eigenvalue weighted by Crippen LogP contribution is 2.38. The Morgan fingerprint density at radius 3 is 2.77 bits per heavy atom. The summed E-state index contributed by atoms with van der Waals surface area (Å²) in [6.07, 6.45) is 3.17. The van der Waals surface area contributed by atoms with Crippen LogP contribution < -0.4 is 5.32 Å². The number of likely N-dealkylation sites (tertiary alicyclic amines) is 1. The standard InChI is InChI=1S/C17H21ClN2O2/c1-2-20-15(21)9-8-14(17(22)19-13-6-7-13)16(20)11-4-3-5-12(18)10-11/h3-5,10,13-14,16H,2,6-9H2,1H3,(H,19,22)/t14-,16+/m1/s1. The Hall–Kier alpha value is -1.55. The van der Waals surface area contributed by atoms with Crippen molar-refractivity contribution in [2.75, 3.05) is 6.54 Å². The molecule has 1 N–H and O–H groups in total. The third-order valence-electron chi connectivity index (χ3n) is 4.50. The summed E-state index contributed by atoms with van der Waals surface area (Å²) >= 11 is 6.11. The first kappa shape index (κ1) is 15.3. The minimum atomic E-state index is -0.219. The number of benzene rings is 1. The quantitative estimate of drug-likeness (QED) is 0.927. The minimum absolute atomic E-state index is 0.0680. The van der Waals surface area contributed by atoms with Crippen LogP contribution in [0.4, 0.5) is 0 Å². The Bertz CT molecular complexity index is 586. The maximum absolute atomic E-state index is 12.6. The molecule has 2 atom stereocenters. The second-order valence-electron chi connectivity index (χ2n) is 6.11. The number of nitrogens with one attached hydrogen (secondary N) is 1. The van der Waals surface area contributed by atoms with Crippen molar-refractivity contribution in [3.8, 4) is 0 Å². The second kappa shape index (κ2) is 6.29.